The van der Waals surface area contributed by atoms with Gasteiger partial charge in [0.05, 0.1) is 6.26 Å². The van der Waals surface area contributed by atoms with Crippen LogP contribution in [-0.4, -0.2) is 6.04 Å². The van der Waals surface area contributed by atoms with Crippen LogP contribution in [0.1, 0.15) is 32.4 Å². The van der Waals surface area contributed by atoms with Crippen molar-refractivity contribution in [1.82, 2.24) is 5.43 Å². The van der Waals surface area contributed by atoms with E-state index in [1.807, 2.05) is 12.1 Å². The Morgan fingerprint density at radius 1 is 1.43 bits per heavy atom. The van der Waals surface area contributed by atoms with Gasteiger partial charge in [-0.1, -0.05) is 13.8 Å². The molecule has 0 radical (unpaired) electrons. The highest BCUT2D eigenvalue weighted by Crippen LogP contribution is 2.11. The normalized spacial score (nSPS) is 13.4. The molecule has 0 aromatic carbocycles. The summed E-state index contributed by atoms with van der Waals surface area (Å²) in [4.78, 5) is 0. The van der Waals surface area contributed by atoms with Crippen molar-refractivity contribution in [2.75, 3.05) is 0 Å². The molecule has 1 unspecified atom stereocenters. The van der Waals surface area contributed by atoms with E-state index in [4.69, 9.17) is 10.3 Å². The van der Waals surface area contributed by atoms with Crippen LogP contribution in [-0.2, 0) is 6.42 Å². The zero-order chi connectivity index (χ0) is 10.4. The highest BCUT2D eigenvalue weighted by Gasteiger charge is 2.09. The maximum absolute atomic E-state index is 5.48. The molecule has 0 aliphatic rings. The highest BCUT2D eigenvalue weighted by atomic mass is 16.3. The Morgan fingerprint density at radius 3 is 2.71 bits per heavy atom. The first-order valence-corrected chi connectivity index (χ1v) is 5.21. The lowest BCUT2D eigenvalue weighted by Crippen LogP contribution is -2.36. The van der Waals surface area contributed by atoms with Gasteiger partial charge in [0, 0.05) is 12.5 Å². The summed E-state index contributed by atoms with van der Waals surface area (Å²) < 4.78 is 5.28. The Bertz CT molecular complexity index is 231. The summed E-state index contributed by atoms with van der Waals surface area (Å²) >= 11 is 0. The summed E-state index contributed by atoms with van der Waals surface area (Å²) in [5.74, 6) is 7.21. The van der Waals surface area contributed by atoms with E-state index in [-0.39, 0.29) is 0 Å². The lowest BCUT2D eigenvalue weighted by atomic mass is 10.0. The second-order valence-electron chi connectivity index (χ2n) is 4.12. The second-order valence-corrected chi connectivity index (χ2v) is 4.12. The van der Waals surface area contributed by atoms with Gasteiger partial charge < -0.3 is 4.42 Å². The number of rotatable bonds is 6. The second kappa shape index (κ2) is 5.83. The van der Waals surface area contributed by atoms with Crippen molar-refractivity contribution in [2.45, 2.75) is 39.2 Å². The topological polar surface area (TPSA) is 51.2 Å². The van der Waals surface area contributed by atoms with Crippen molar-refractivity contribution in [3.8, 4) is 0 Å². The fourth-order valence-electron chi connectivity index (χ4n) is 1.45. The number of nitrogens with one attached hydrogen (secondary N) is 1. The van der Waals surface area contributed by atoms with Crippen molar-refractivity contribution >= 4 is 0 Å². The molecule has 0 aliphatic heterocycles. The average molecular weight is 196 g/mol. The highest BCUT2D eigenvalue weighted by molar-refractivity contribution is 5.00. The zero-order valence-corrected chi connectivity index (χ0v) is 8.99. The van der Waals surface area contributed by atoms with Gasteiger partial charge in [-0.05, 0) is 30.9 Å². The summed E-state index contributed by atoms with van der Waals surface area (Å²) in [5, 5.41) is 0. The molecule has 3 heteroatoms. The lowest BCUT2D eigenvalue weighted by Gasteiger charge is -2.15. The van der Waals surface area contributed by atoms with Crippen LogP contribution in [0.2, 0.25) is 0 Å². The van der Waals surface area contributed by atoms with Crippen LogP contribution in [0.5, 0.6) is 0 Å². The summed E-state index contributed by atoms with van der Waals surface area (Å²) in [6.45, 7) is 4.45. The van der Waals surface area contributed by atoms with Gasteiger partial charge in [0.1, 0.15) is 5.76 Å². The Kier molecular flexibility index (Phi) is 4.70. The van der Waals surface area contributed by atoms with E-state index in [9.17, 15) is 0 Å². The average Bonchev–Trinajstić information content (AvgIpc) is 2.64. The Morgan fingerprint density at radius 2 is 2.21 bits per heavy atom. The number of hydrazine groups is 1. The maximum Gasteiger partial charge on any atom is 0.105 e. The van der Waals surface area contributed by atoms with Gasteiger partial charge in [-0.25, -0.2) is 0 Å². The molecule has 0 saturated carbocycles. The number of nitrogens with two attached hydrogens (primary N) is 1. The monoisotopic (exact) mass is 196 g/mol. The predicted molar refractivity (Wildman–Crippen MR) is 57.6 cm³/mol. The smallest absolute Gasteiger partial charge is 0.105 e. The van der Waals surface area contributed by atoms with Crippen molar-refractivity contribution in [2.24, 2.45) is 11.8 Å². The van der Waals surface area contributed by atoms with Crippen molar-refractivity contribution in [3.05, 3.63) is 24.2 Å². The first-order chi connectivity index (χ1) is 6.72. The molecule has 0 saturated heterocycles. The fourth-order valence-corrected chi connectivity index (χ4v) is 1.45. The van der Waals surface area contributed by atoms with Crippen molar-refractivity contribution in [3.63, 3.8) is 0 Å². The maximum atomic E-state index is 5.48. The molecule has 0 spiro atoms. The molecule has 1 atom stereocenters. The number of furan rings is 1. The van der Waals surface area contributed by atoms with E-state index in [0.717, 1.165) is 24.5 Å². The van der Waals surface area contributed by atoms with Crippen LogP contribution in [0.15, 0.2) is 22.8 Å². The fraction of sp³-hybridized carbons (Fsp3) is 0.636. The SMILES string of the molecule is CC(C)CCC(Cc1ccco1)NN. The molecule has 14 heavy (non-hydrogen) atoms. The van der Waals surface area contributed by atoms with Crippen LogP contribution in [0.25, 0.3) is 0 Å². The quantitative estimate of drug-likeness (QED) is 0.541. The molecule has 0 amide bonds. The molecular formula is C11H20N2O. The van der Waals surface area contributed by atoms with E-state index in [0.29, 0.717) is 6.04 Å². The molecule has 1 aromatic rings. The third-order valence-electron chi connectivity index (χ3n) is 2.36. The Balaban J connectivity index is 2.32. The molecule has 1 aromatic heterocycles. The first-order valence-electron chi connectivity index (χ1n) is 5.21. The Hall–Kier alpha value is -0.800. The van der Waals surface area contributed by atoms with E-state index >= 15 is 0 Å². The minimum atomic E-state index is 0.323. The molecule has 0 fully saturated rings. The van der Waals surface area contributed by atoms with E-state index in [2.05, 4.69) is 19.3 Å². The van der Waals surface area contributed by atoms with E-state index in [1.54, 1.807) is 6.26 Å². The molecule has 0 aliphatic carbocycles. The van der Waals surface area contributed by atoms with Gasteiger partial charge >= 0.3 is 0 Å². The number of hydrogen-bond donors (Lipinski definition) is 2. The van der Waals surface area contributed by atoms with E-state index in [1.165, 1.54) is 6.42 Å². The summed E-state index contributed by atoms with van der Waals surface area (Å²) in [7, 11) is 0. The molecule has 1 rings (SSSR count). The van der Waals surface area contributed by atoms with Gasteiger partial charge in [0.25, 0.3) is 0 Å². The van der Waals surface area contributed by atoms with Crippen LogP contribution in [0, 0.1) is 5.92 Å². The molecule has 3 N–H and O–H groups in total. The summed E-state index contributed by atoms with van der Waals surface area (Å²) in [5.41, 5.74) is 2.84. The van der Waals surface area contributed by atoms with Gasteiger partial charge in [-0.2, -0.15) is 0 Å². The van der Waals surface area contributed by atoms with Crippen molar-refractivity contribution < 1.29 is 4.42 Å². The third-order valence-corrected chi connectivity index (χ3v) is 2.36. The zero-order valence-electron chi connectivity index (χ0n) is 8.99. The van der Waals surface area contributed by atoms with Crippen LogP contribution >= 0.6 is 0 Å². The molecule has 1 heterocycles. The van der Waals surface area contributed by atoms with Gasteiger partial charge in [-0.15, -0.1) is 0 Å². The number of hydrogen-bond acceptors (Lipinski definition) is 3. The Labute approximate surface area is 85.6 Å². The largest absolute Gasteiger partial charge is 0.469 e. The molecule has 0 bridgehead atoms. The molecule has 3 nitrogen and oxygen atoms in total. The van der Waals surface area contributed by atoms with E-state index < -0.39 is 0 Å². The third kappa shape index (κ3) is 3.94. The standard InChI is InChI=1S/C11H20N2O/c1-9(2)5-6-10(13-12)8-11-4-3-7-14-11/h3-4,7,9-10,13H,5-6,8,12H2,1-2H3. The minimum Gasteiger partial charge on any atom is -0.469 e. The summed E-state index contributed by atoms with van der Waals surface area (Å²) in [6.07, 6.45) is 4.85. The minimum absolute atomic E-state index is 0.323. The lowest BCUT2D eigenvalue weighted by molar-refractivity contribution is 0.401. The van der Waals surface area contributed by atoms with Crippen LogP contribution in [0.3, 0.4) is 0 Å². The van der Waals surface area contributed by atoms with Gasteiger partial charge in [0.2, 0.25) is 0 Å². The van der Waals surface area contributed by atoms with Gasteiger partial charge in [-0.3, -0.25) is 11.3 Å². The van der Waals surface area contributed by atoms with Crippen LogP contribution < -0.4 is 11.3 Å². The van der Waals surface area contributed by atoms with Gasteiger partial charge in [0.15, 0.2) is 0 Å². The van der Waals surface area contributed by atoms with Crippen molar-refractivity contribution in [1.29, 1.82) is 0 Å². The first kappa shape index (κ1) is 11.3. The summed E-state index contributed by atoms with van der Waals surface area (Å²) in [6, 6.07) is 4.22. The van der Waals surface area contributed by atoms with Crippen LogP contribution in [0.4, 0.5) is 0 Å². The molecule has 80 valence electrons. The molecular weight excluding hydrogens is 176 g/mol. The predicted octanol–water partition coefficient (Wildman–Crippen LogP) is 2.09.